The number of ether oxygens (including phenoxy) is 2. The number of likely N-dealkylation sites (N-methyl/N-ethyl adjacent to an activating group) is 1. The van der Waals surface area contributed by atoms with E-state index in [1.807, 2.05) is 18.2 Å². The Kier molecular flexibility index (Phi) is 8.33. The summed E-state index contributed by atoms with van der Waals surface area (Å²) in [5.74, 6) is 0.935. The first-order chi connectivity index (χ1) is 10.5. The molecule has 2 N–H and O–H groups in total. The molecule has 1 fully saturated rings. The van der Waals surface area contributed by atoms with Crippen LogP contribution in [-0.4, -0.2) is 44.2 Å². The Morgan fingerprint density at radius 3 is 2.74 bits per heavy atom. The van der Waals surface area contributed by atoms with Crippen molar-refractivity contribution in [3.63, 3.8) is 0 Å². The van der Waals surface area contributed by atoms with Crippen molar-refractivity contribution in [2.24, 2.45) is 11.7 Å². The van der Waals surface area contributed by atoms with Crippen LogP contribution in [0.2, 0.25) is 0 Å². The number of carbonyl (C=O) groups is 1. The van der Waals surface area contributed by atoms with Gasteiger partial charge in [0.15, 0.2) is 0 Å². The highest BCUT2D eigenvalue weighted by atomic mass is 79.9. The molecule has 1 aliphatic heterocycles. The maximum absolute atomic E-state index is 12.5. The number of nitrogens with zero attached hydrogens (tertiary/aromatic N) is 1. The Labute approximate surface area is 152 Å². The van der Waals surface area contributed by atoms with E-state index in [2.05, 4.69) is 15.9 Å². The van der Waals surface area contributed by atoms with Crippen molar-refractivity contribution < 1.29 is 14.3 Å². The molecule has 1 saturated heterocycles. The molecule has 1 heterocycles. The van der Waals surface area contributed by atoms with E-state index in [0.717, 1.165) is 28.6 Å². The lowest BCUT2D eigenvalue weighted by atomic mass is 9.91. The zero-order valence-electron chi connectivity index (χ0n) is 13.5. The van der Waals surface area contributed by atoms with E-state index in [0.29, 0.717) is 19.8 Å². The van der Waals surface area contributed by atoms with E-state index >= 15 is 0 Å². The molecule has 23 heavy (non-hydrogen) atoms. The van der Waals surface area contributed by atoms with Gasteiger partial charge in [-0.1, -0.05) is 15.9 Å². The average Bonchev–Trinajstić information content (AvgIpc) is 2.54. The van der Waals surface area contributed by atoms with Gasteiger partial charge in [-0.3, -0.25) is 4.79 Å². The van der Waals surface area contributed by atoms with Crippen LogP contribution in [0, 0.1) is 5.92 Å². The van der Waals surface area contributed by atoms with Gasteiger partial charge in [-0.25, -0.2) is 0 Å². The fourth-order valence-corrected chi connectivity index (χ4v) is 3.14. The van der Waals surface area contributed by atoms with E-state index in [-0.39, 0.29) is 24.2 Å². The Morgan fingerprint density at radius 1 is 1.48 bits per heavy atom. The fourth-order valence-electron chi connectivity index (χ4n) is 2.74. The normalized spacial score (nSPS) is 16.3. The Hall–Kier alpha value is -0.820. The molecule has 0 aliphatic carbocycles. The molecule has 1 aliphatic rings. The van der Waals surface area contributed by atoms with E-state index in [4.69, 9.17) is 15.2 Å². The molecule has 7 heteroatoms. The molecule has 130 valence electrons. The summed E-state index contributed by atoms with van der Waals surface area (Å²) in [6, 6.07) is 5.29. The number of carbonyl (C=O) groups excluding carboxylic acids is 1. The summed E-state index contributed by atoms with van der Waals surface area (Å²) in [6.45, 7) is 1.85. The molecule has 2 rings (SSSR count). The minimum Gasteiger partial charge on any atom is -0.496 e. The van der Waals surface area contributed by atoms with E-state index in [1.165, 1.54) is 0 Å². The van der Waals surface area contributed by atoms with Crippen molar-refractivity contribution in [1.29, 1.82) is 0 Å². The number of amides is 1. The second kappa shape index (κ2) is 9.47. The second-order valence-electron chi connectivity index (χ2n) is 5.63. The van der Waals surface area contributed by atoms with Crippen molar-refractivity contribution in [1.82, 2.24) is 4.90 Å². The molecule has 0 radical (unpaired) electrons. The largest absolute Gasteiger partial charge is 0.496 e. The molecule has 0 aromatic heterocycles. The number of methoxy groups -OCH3 is 1. The molecular weight excluding hydrogens is 384 g/mol. The SMILES string of the molecule is COc1ccc(Br)cc1CN(C)C(=O)C(N)C1CCOCC1.Cl. The smallest absolute Gasteiger partial charge is 0.239 e. The van der Waals surface area contributed by atoms with Crippen LogP contribution in [0.5, 0.6) is 5.75 Å². The van der Waals surface area contributed by atoms with Crippen LogP contribution in [0.4, 0.5) is 0 Å². The van der Waals surface area contributed by atoms with Crippen LogP contribution in [0.15, 0.2) is 22.7 Å². The second-order valence-corrected chi connectivity index (χ2v) is 6.54. The topological polar surface area (TPSA) is 64.8 Å². The third kappa shape index (κ3) is 5.35. The molecule has 1 amide bonds. The number of rotatable bonds is 5. The summed E-state index contributed by atoms with van der Waals surface area (Å²) in [5, 5.41) is 0. The maximum Gasteiger partial charge on any atom is 0.239 e. The number of halogens is 2. The summed E-state index contributed by atoms with van der Waals surface area (Å²) < 4.78 is 11.6. The van der Waals surface area contributed by atoms with E-state index in [9.17, 15) is 4.79 Å². The van der Waals surface area contributed by atoms with Gasteiger partial charge in [0.2, 0.25) is 5.91 Å². The molecule has 1 aromatic carbocycles. The molecular formula is C16H24BrClN2O3. The zero-order valence-corrected chi connectivity index (χ0v) is 15.9. The van der Waals surface area contributed by atoms with Crippen LogP contribution in [0.1, 0.15) is 18.4 Å². The van der Waals surface area contributed by atoms with Gasteiger partial charge in [0.1, 0.15) is 5.75 Å². The summed E-state index contributed by atoms with van der Waals surface area (Å²) in [7, 11) is 3.41. The van der Waals surface area contributed by atoms with E-state index < -0.39 is 6.04 Å². The van der Waals surface area contributed by atoms with Gasteiger partial charge in [0, 0.05) is 36.8 Å². The Morgan fingerprint density at radius 2 is 2.13 bits per heavy atom. The molecule has 1 aromatic rings. The highest BCUT2D eigenvalue weighted by Crippen LogP contribution is 2.25. The third-order valence-electron chi connectivity index (χ3n) is 4.09. The monoisotopic (exact) mass is 406 g/mol. The lowest BCUT2D eigenvalue weighted by Gasteiger charge is -2.30. The van der Waals surface area contributed by atoms with Gasteiger partial charge >= 0.3 is 0 Å². The van der Waals surface area contributed by atoms with Crippen molar-refractivity contribution in [3.8, 4) is 5.75 Å². The lowest BCUT2D eigenvalue weighted by Crippen LogP contribution is -2.47. The Bertz CT molecular complexity index is 524. The number of hydrogen-bond donors (Lipinski definition) is 1. The molecule has 0 bridgehead atoms. The predicted molar refractivity (Wildman–Crippen MR) is 95.9 cm³/mol. The first kappa shape index (κ1) is 20.2. The molecule has 5 nitrogen and oxygen atoms in total. The van der Waals surface area contributed by atoms with Gasteiger partial charge in [0.25, 0.3) is 0 Å². The van der Waals surface area contributed by atoms with Crippen LogP contribution in [-0.2, 0) is 16.1 Å². The fraction of sp³-hybridized carbons (Fsp3) is 0.562. The van der Waals surface area contributed by atoms with Crippen LogP contribution >= 0.6 is 28.3 Å². The first-order valence-electron chi connectivity index (χ1n) is 7.43. The summed E-state index contributed by atoms with van der Waals surface area (Å²) in [5.41, 5.74) is 7.11. The van der Waals surface area contributed by atoms with Crippen molar-refractivity contribution in [2.75, 3.05) is 27.4 Å². The summed E-state index contributed by atoms with van der Waals surface area (Å²) >= 11 is 3.45. The maximum atomic E-state index is 12.5. The van der Waals surface area contributed by atoms with Crippen LogP contribution in [0.25, 0.3) is 0 Å². The number of hydrogen-bond acceptors (Lipinski definition) is 4. The molecule has 1 atom stereocenters. The van der Waals surface area contributed by atoms with Gasteiger partial charge in [-0.2, -0.15) is 0 Å². The number of nitrogens with two attached hydrogens (primary N) is 1. The minimum atomic E-state index is -0.466. The minimum absolute atomic E-state index is 0. The van der Waals surface area contributed by atoms with Gasteiger partial charge in [0.05, 0.1) is 13.2 Å². The lowest BCUT2D eigenvalue weighted by molar-refractivity contribution is -0.133. The van der Waals surface area contributed by atoms with Crippen LogP contribution in [0.3, 0.4) is 0 Å². The average molecular weight is 408 g/mol. The van der Waals surface area contributed by atoms with Gasteiger partial charge < -0.3 is 20.1 Å². The number of benzene rings is 1. The molecule has 0 saturated carbocycles. The molecule has 1 unspecified atom stereocenters. The summed E-state index contributed by atoms with van der Waals surface area (Å²) in [6.07, 6.45) is 1.70. The van der Waals surface area contributed by atoms with Crippen molar-refractivity contribution in [2.45, 2.75) is 25.4 Å². The first-order valence-corrected chi connectivity index (χ1v) is 8.23. The highest BCUT2D eigenvalue weighted by Gasteiger charge is 2.28. The standard InChI is InChI=1S/C16H23BrN2O3.ClH/c1-19(10-12-9-13(17)3-4-14(12)21-2)16(20)15(18)11-5-7-22-8-6-11;/h3-4,9,11,15H,5-8,10,18H2,1-2H3;1H. The third-order valence-corrected chi connectivity index (χ3v) is 4.58. The van der Waals surface area contributed by atoms with Crippen LogP contribution < -0.4 is 10.5 Å². The quantitative estimate of drug-likeness (QED) is 0.815. The van der Waals surface area contributed by atoms with Gasteiger partial charge in [-0.15, -0.1) is 12.4 Å². The predicted octanol–water partition coefficient (Wildman–Crippen LogP) is 2.59. The van der Waals surface area contributed by atoms with Gasteiger partial charge in [-0.05, 0) is 37.0 Å². The molecule has 0 spiro atoms. The van der Waals surface area contributed by atoms with Crippen molar-refractivity contribution in [3.05, 3.63) is 28.2 Å². The highest BCUT2D eigenvalue weighted by molar-refractivity contribution is 9.10. The summed E-state index contributed by atoms with van der Waals surface area (Å²) in [4.78, 5) is 14.2. The Balaban J connectivity index is 0.00000264. The van der Waals surface area contributed by atoms with Crippen molar-refractivity contribution >= 4 is 34.2 Å². The zero-order chi connectivity index (χ0) is 16.1. The van der Waals surface area contributed by atoms with E-state index in [1.54, 1.807) is 19.1 Å².